The number of benzene rings is 2. The smallest absolute Gasteiger partial charge is 0.126 e. The normalized spacial score (nSPS) is 19.7. The highest BCUT2D eigenvalue weighted by atomic mass is 35.5. The molecule has 1 saturated carbocycles. The quantitative estimate of drug-likeness (QED) is 0.747. The minimum Gasteiger partial charge on any atom is -0.496 e. The van der Waals surface area contributed by atoms with Crippen molar-refractivity contribution in [2.75, 3.05) is 33.3 Å². The molecule has 27 heavy (non-hydrogen) atoms. The maximum atomic E-state index is 5.63. The molecule has 1 aliphatic heterocycles. The number of nitrogens with one attached hydrogen (secondary N) is 1. The molecule has 2 aliphatic rings. The zero-order chi connectivity index (χ0) is 17.1. The molecule has 1 heterocycles. The summed E-state index contributed by atoms with van der Waals surface area (Å²) >= 11 is 0. The highest BCUT2D eigenvalue weighted by Gasteiger charge is 2.32. The van der Waals surface area contributed by atoms with Gasteiger partial charge >= 0.3 is 0 Å². The number of rotatable bonds is 4. The maximum absolute atomic E-state index is 5.63. The predicted octanol–water partition coefficient (Wildman–Crippen LogP) is 5.22. The van der Waals surface area contributed by atoms with E-state index in [1.54, 1.807) is 7.11 Å². The van der Waals surface area contributed by atoms with E-state index in [4.69, 9.17) is 4.74 Å². The molecule has 0 unspecified atom stereocenters. The van der Waals surface area contributed by atoms with Crippen molar-refractivity contribution in [1.29, 1.82) is 0 Å². The second-order valence-electron chi connectivity index (χ2n) is 7.53. The molecule has 0 aromatic heterocycles. The van der Waals surface area contributed by atoms with Gasteiger partial charge in [0.2, 0.25) is 0 Å². The van der Waals surface area contributed by atoms with Crippen molar-refractivity contribution in [2.45, 2.75) is 38.1 Å². The Hall–Kier alpha value is -1.000. The van der Waals surface area contributed by atoms with Crippen molar-refractivity contribution in [3.63, 3.8) is 0 Å². The summed E-state index contributed by atoms with van der Waals surface area (Å²) in [7, 11) is 1.77. The van der Waals surface area contributed by atoms with Gasteiger partial charge in [0.1, 0.15) is 5.75 Å². The fourth-order valence-corrected chi connectivity index (χ4v) is 4.89. The second kappa shape index (κ2) is 10.5. The molecule has 1 aliphatic carbocycles. The third-order valence-corrected chi connectivity index (χ3v) is 6.10. The fourth-order valence-electron chi connectivity index (χ4n) is 4.89. The van der Waals surface area contributed by atoms with Gasteiger partial charge in [-0.05, 0) is 35.8 Å². The monoisotopic (exact) mass is 410 g/mol. The van der Waals surface area contributed by atoms with Gasteiger partial charge in [-0.3, -0.25) is 4.90 Å². The number of halogens is 2. The fraction of sp³-hybridized carbons (Fsp3) is 0.545. The van der Waals surface area contributed by atoms with Crippen LogP contribution < -0.4 is 10.1 Å². The molecule has 0 spiro atoms. The molecule has 4 rings (SSSR count). The number of piperazine rings is 1. The molecule has 2 aromatic carbocycles. The van der Waals surface area contributed by atoms with Gasteiger partial charge in [0.05, 0.1) is 7.11 Å². The number of hydrogen-bond acceptors (Lipinski definition) is 3. The van der Waals surface area contributed by atoms with Crippen LogP contribution in [0.3, 0.4) is 0 Å². The number of nitrogens with zero attached hydrogens (tertiary/aromatic N) is 1. The number of ether oxygens (including phenoxy) is 1. The van der Waals surface area contributed by atoms with Gasteiger partial charge in [0.25, 0.3) is 0 Å². The minimum atomic E-state index is 0. The molecule has 150 valence electrons. The summed E-state index contributed by atoms with van der Waals surface area (Å²) in [5, 5.41) is 6.14. The SMILES string of the molecule is COc1ccc([C@@H](C2CCCCC2)N2CCNCC2)c2ccccc12.Cl.Cl. The highest BCUT2D eigenvalue weighted by Crippen LogP contribution is 2.42. The van der Waals surface area contributed by atoms with Crippen LogP contribution in [-0.2, 0) is 0 Å². The summed E-state index contributed by atoms with van der Waals surface area (Å²) in [6.45, 7) is 4.53. The van der Waals surface area contributed by atoms with E-state index in [0.29, 0.717) is 6.04 Å². The Morgan fingerprint density at radius 3 is 2.26 bits per heavy atom. The Morgan fingerprint density at radius 1 is 0.926 bits per heavy atom. The van der Waals surface area contributed by atoms with E-state index in [9.17, 15) is 0 Å². The first-order chi connectivity index (χ1) is 12.4. The van der Waals surface area contributed by atoms with Crippen molar-refractivity contribution in [3.05, 3.63) is 42.0 Å². The topological polar surface area (TPSA) is 24.5 Å². The molecule has 1 N–H and O–H groups in total. The predicted molar refractivity (Wildman–Crippen MR) is 119 cm³/mol. The van der Waals surface area contributed by atoms with E-state index >= 15 is 0 Å². The van der Waals surface area contributed by atoms with Gasteiger partial charge in [0, 0.05) is 37.6 Å². The van der Waals surface area contributed by atoms with E-state index in [-0.39, 0.29) is 24.8 Å². The number of hydrogen-bond donors (Lipinski definition) is 1. The first kappa shape index (κ1) is 22.3. The van der Waals surface area contributed by atoms with Crippen molar-refractivity contribution < 1.29 is 4.74 Å². The van der Waals surface area contributed by atoms with Gasteiger partial charge in [-0.1, -0.05) is 49.6 Å². The molecule has 5 heteroatoms. The lowest BCUT2D eigenvalue weighted by Gasteiger charge is -2.41. The largest absolute Gasteiger partial charge is 0.496 e. The second-order valence-corrected chi connectivity index (χ2v) is 7.53. The summed E-state index contributed by atoms with van der Waals surface area (Å²) in [5.74, 6) is 1.77. The summed E-state index contributed by atoms with van der Waals surface area (Å²) in [6.07, 6.45) is 6.93. The average Bonchev–Trinajstić information content (AvgIpc) is 2.70. The van der Waals surface area contributed by atoms with E-state index in [0.717, 1.165) is 37.8 Å². The molecular formula is C22H32Cl2N2O. The maximum Gasteiger partial charge on any atom is 0.126 e. The lowest BCUT2D eigenvalue weighted by Crippen LogP contribution is -2.47. The lowest BCUT2D eigenvalue weighted by atomic mass is 9.79. The molecule has 2 fully saturated rings. The Bertz CT molecular complexity index is 695. The number of methoxy groups -OCH3 is 1. The Labute approximate surface area is 175 Å². The summed E-state index contributed by atoms with van der Waals surface area (Å²) in [6, 6.07) is 13.8. The first-order valence-electron chi connectivity index (χ1n) is 9.89. The van der Waals surface area contributed by atoms with Gasteiger partial charge < -0.3 is 10.1 Å². The van der Waals surface area contributed by atoms with Gasteiger partial charge in [-0.2, -0.15) is 0 Å². The van der Waals surface area contributed by atoms with Crippen LogP contribution in [0.2, 0.25) is 0 Å². The van der Waals surface area contributed by atoms with Gasteiger partial charge in [-0.15, -0.1) is 24.8 Å². The zero-order valence-electron chi connectivity index (χ0n) is 16.2. The van der Waals surface area contributed by atoms with Crippen LogP contribution in [0.15, 0.2) is 36.4 Å². The molecule has 0 bridgehead atoms. The zero-order valence-corrected chi connectivity index (χ0v) is 17.8. The lowest BCUT2D eigenvalue weighted by molar-refractivity contribution is 0.104. The molecule has 3 nitrogen and oxygen atoms in total. The van der Waals surface area contributed by atoms with E-state index in [2.05, 4.69) is 46.6 Å². The molecule has 1 atom stereocenters. The van der Waals surface area contributed by atoms with Crippen molar-refractivity contribution in [1.82, 2.24) is 10.2 Å². The van der Waals surface area contributed by atoms with Crippen LogP contribution >= 0.6 is 24.8 Å². The molecule has 0 radical (unpaired) electrons. The van der Waals surface area contributed by atoms with Crippen molar-refractivity contribution in [3.8, 4) is 5.75 Å². The molecule has 0 amide bonds. The molecular weight excluding hydrogens is 379 g/mol. The van der Waals surface area contributed by atoms with E-state index in [1.165, 1.54) is 48.4 Å². The third-order valence-electron chi connectivity index (χ3n) is 6.10. The summed E-state index contributed by atoms with van der Waals surface area (Å²) < 4.78 is 5.63. The Balaban J connectivity index is 0.00000131. The average molecular weight is 411 g/mol. The van der Waals surface area contributed by atoms with Gasteiger partial charge in [0.15, 0.2) is 0 Å². The van der Waals surface area contributed by atoms with Crippen molar-refractivity contribution in [2.24, 2.45) is 5.92 Å². The van der Waals surface area contributed by atoms with Crippen LogP contribution in [-0.4, -0.2) is 38.2 Å². The van der Waals surface area contributed by atoms with Crippen LogP contribution in [0.5, 0.6) is 5.75 Å². The van der Waals surface area contributed by atoms with Crippen LogP contribution in [0.25, 0.3) is 10.8 Å². The third kappa shape index (κ3) is 4.71. The van der Waals surface area contributed by atoms with Gasteiger partial charge in [-0.25, -0.2) is 0 Å². The van der Waals surface area contributed by atoms with Crippen molar-refractivity contribution >= 4 is 35.6 Å². The van der Waals surface area contributed by atoms with Crippen LogP contribution in [0.4, 0.5) is 0 Å². The summed E-state index contributed by atoms with van der Waals surface area (Å²) in [5.41, 5.74) is 1.50. The minimum absolute atomic E-state index is 0. The first-order valence-corrected chi connectivity index (χ1v) is 9.89. The number of fused-ring (bicyclic) bond motifs is 1. The van der Waals surface area contributed by atoms with Crippen LogP contribution in [0.1, 0.15) is 43.7 Å². The van der Waals surface area contributed by atoms with Crippen LogP contribution in [0, 0.1) is 5.92 Å². The Kier molecular flexibility index (Phi) is 8.68. The van der Waals surface area contributed by atoms with E-state index < -0.39 is 0 Å². The van der Waals surface area contributed by atoms with E-state index in [1.807, 2.05) is 0 Å². The standard InChI is InChI=1S/C22H30N2O.2ClH/c1-25-21-12-11-20(18-9-5-6-10-19(18)21)22(17-7-3-2-4-8-17)24-15-13-23-14-16-24;;/h5-6,9-12,17,22-23H,2-4,7-8,13-16H2,1H3;2*1H/t22-;;/m1../s1. The summed E-state index contributed by atoms with van der Waals surface area (Å²) in [4.78, 5) is 2.74. The highest BCUT2D eigenvalue weighted by molar-refractivity contribution is 5.91. The Morgan fingerprint density at radius 2 is 1.59 bits per heavy atom. The molecule has 2 aromatic rings. The molecule has 1 saturated heterocycles.